The molecule has 0 bridgehead atoms. The standard InChI is InChI=1S/C13H19N3O2/c17-13(18)10-8-12-14-7-6-11(16(12)15-10)9-4-2-1-3-5-9/h8-9,11,14H,1-7H2,(H,17,18). The number of nitrogens with one attached hydrogen (secondary N) is 1. The summed E-state index contributed by atoms with van der Waals surface area (Å²) in [6.07, 6.45) is 7.51. The Bertz CT molecular complexity index is 449. The van der Waals surface area contributed by atoms with Crippen molar-refractivity contribution in [3.63, 3.8) is 0 Å². The fraction of sp³-hybridized carbons (Fsp3) is 0.692. The number of carboxylic acid groups (broad SMARTS) is 1. The minimum Gasteiger partial charge on any atom is -0.476 e. The molecule has 3 rings (SSSR count). The maximum Gasteiger partial charge on any atom is 0.356 e. The summed E-state index contributed by atoms with van der Waals surface area (Å²) in [6.45, 7) is 0.923. The zero-order valence-electron chi connectivity index (χ0n) is 10.4. The molecule has 5 nitrogen and oxygen atoms in total. The Morgan fingerprint density at radius 3 is 2.83 bits per heavy atom. The number of fused-ring (bicyclic) bond motifs is 1. The molecule has 1 fully saturated rings. The van der Waals surface area contributed by atoms with Gasteiger partial charge in [0.15, 0.2) is 5.69 Å². The van der Waals surface area contributed by atoms with Gasteiger partial charge in [-0.1, -0.05) is 19.3 Å². The Kier molecular flexibility index (Phi) is 2.97. The van der Waals surface area contributed by atoms with Crippen LogP contribution >= 0.6 is 0 Å². The molecule has 0 aromatic carbocycles. The van der Waals surface area contributed by atoms with Gasteiger partial charge in [-0.05, 0) is 25.2 Å². The van der Waals surface area contributed by atoms with E-state index in [0.29, 0.717) is 12.0 Å². The van der Waals surface area contributed by atoms with Crippen molar-refractivity contribution in [1.82, 2.24) is 9.78 Å². The van der Waals surface area contributed by atoms with Gasteiger partial charge in [0.1, 0.15) is 5.82 Å². The molecular formula is C13H19N3O2. The smallest absolute Gasteiger partial charge is 0.356 e. The van der Waals surface area contributed by atoms with Crippen molar-refractivity contribution in [1.29, 1.82) is 0 Å². The zero-order valence-corrected chi connectivity index (χ0v) is 10.4. The maximum atomic E-state index is 11.0. The van der Waals surface area contributed by atoms with E-state index in [0.717, 1.165) is 18.8 Å². The molecule has 1 aliphatic carbocycles. The van der Waals surface area contributed by atoms with Crippen LogP contribution in [0.2, 0.25) is 0 Å². The van der Waals surface area contributed by atoms with Crippen molar-refractivity contribution < 1.29 is 9.90 Å². The Morgan fingerprint density at radius 1 is 1.33 bits per heavy atom. The third-order valence-electron chi connectivity index (χ3n) is 4.21. The predicted molar refractivity (Wildman–Crippen MR) is 67.9 cm³/mol. The number of carboxylic acids is 1. The molecule has 0 amide bonds. The summed E-state index contributed by atoms with van der Waals surface area (Å²) in [5.74, 6) is 0.594. The van der Waals surface area contributed by atoms with Gasteiger partial charge in [-0.15, -0.1) is 0 Å². The van der Waals surface area contributed by atoms with E-state index < -0.39 is 5.97 Å². The van der Waals surface area contributed by atoms with E-state index in [4.69, 9.17) is 5.11 Å². The average Bonchev–Trinajstić information content (AvgIpc) is 2.83. The first-order valence-corrected chi connectivity index (χ1v) is 6.82. The monoisotopic (exact) mass is 249 g/mol. The second-order valence-electron chi connectivity index (χ2n) is 5.35. The zero-order chi connectivity index (χ0) is 12.5. The van der Waals surface area contributed by atoms with Crippen molar-refractivity contribution in [2.24, 2.45) is 5.92 Å². The Hall–Kier alpha value is -1.52. The molecule has 98 valence electrons. The number of rotatable bonds is 2. The van der Waals surface area contributed by atoms with E-state index in [9.17, 15) is 4.79 Å². The lowest BCUT2D eigenvalue weighted by atomic mass is 9.82. The van der Waals surface area contributed by atoms with Crippen LogP contribution in [-0.2, 0) is 0 Å². The lowest BCUT2D eigenvalue weighted by Crippen LogP contribution is -2.30. The number of hydrogen-bond donors (Lipinski definition) is 2. The number of nitrogens with zero attached hydrogens (tertiary/aromatic N) is 2. The van der Waals surface area contributed by atoms with Crippen LogP contribution in [0.4, 0.5) is 5.82 Å². The molecule has 2 N–H and O–H groups in total. The second-order valence-corrected chi connectivity index (χ2v) is 5.35. The SMILES string of the molecule is O=C(O)c1cc2n(n1)C(C1CCCCC1)CCN2. The van der Waals surface area contributed by atoms with Gasteiger partial charge in [-0.25, -0.2) is 9.48 Å². The molecule has 2 heterocycles. The number of aromatic nitrogens is 2. The Labute approximate surface area is 106 Å². The lowest BCUT2D eigenvalue weighted by Gasteiger charge is -2.34. The highest BCUT2D eigenvalue weighted by atomic mass is 16.4. The van der Waals surface area contributed by atoms with E-state index in [1.54, 1.807) is 6.07 Å². The van der Waals surface area contributed by atoms with Crippen LogP contribution in [0.25, 0.3) is 0 Å². The Balaban J connectivity index is 1.88. The van der Waals surface area contributed by atoms with Crippen LogP contribution in [0.15, 0.2) is 6.07 Å². The summed E-state index contributed by atoms with van der Waals surface area (Å²) in [4.78, 5) is 11.0. The first kappa shape index (κ1) is 11.6. The van der Waals surface area contributed by atoms with Gasteiger partial charge in [0, 0.05) is 12.6 Å². The van der Waals surface area contributed by atoms with Gasteiger partial charge >= 0.3 is 5.97 Å². The normalized spacial score (nSPS) is 24.3. The Morgan fingerprint density at radius 2 is 2.11 bits per heavy atom. The summed E-state index contributed by atoms with van der Waals surface area (Å²) < 4.78 is 1.92. The van der Waals surface area contributed by atoms with Gasteiger partial charge in [0.2, 0.25) is 0 Å². The summed E-state index contributed by atoms with van der Waals surface area (Å²) >= 11 is 0. The number of hydrogen-bond acceptors (Lipinski definition) is 3. The molecule has 0 spiro atoms. The molecule has 18 heavy (non-hydrogen) atoms. The van der Waals surface area contributed by atoms with Crippen molar-refractivity contribution in [3.05, 3.63) is 11.8 Å². The van der Waals surface area contributed by atoms with E-state index in [1.807, 2.05) is 4.68 Å². The van der Waals surface area contributed by atoms with Crippen LogP contribution in [0.5, 0.6) is 0 Å². The summed E-state index contributed by atoms with van der Waals surface area (Å²) in [6, 6.07) is 2.03. The molecule has 1 saturated carbocycles. The minimum absolute atomic E-state index is 0.153. The molecule has 1 aromatic heterocycles. The highest BCUT2D eigenvalue weighted by Gasteiger charge is 2.30. The topological polar surface area (TPSA) is 67.1 Å². The summed E-state index contributed by atoms with van der Waals surface area (Å²) in [5.41, 5.74) is 0.153. The van der Waals surface area contributed by atoms with Crippen molar-refractivity contribution in [2.45, 2.75) is 44.6 Å². The third-order valence-corrected chi connectivity index (χ3v) is 4.21. The second kappa shape index (κ2) is 4.63. The molecule has 1 atom stereocenters. The quantitative estimate of drug-likeness (QED) is 0.845. The fourth-order valence-corrected chi connectivity index (χ4v) is 3.31. The first-order valence-electron chi connectivity index (χ1n) is 6.82. The van der Waals surface area contributed by atoms with Crippen LogP contribution in [0.1, 0.15) is 55.1 Å². The van der Waals surface area contributed by atoms with Crippen LogP contribution in [0.3, 0.4) is 0 Å². The largest absolute Gasteiger partial charge is 0.476 e. The average molecular weight is 249 g/mol. The summed E-state index contributed by atoms with van der Waals surface area (Å²) in [7, 11) is 0. The van der Waals surface area contributed by atoms with E-state index >= 15 is 0 Å². The van der Waals surface area contributed by atoms with E-state index in [2.05, 4.69) is 10.4 Å². The molecular weight excluding hydrogens is 230 g/mol. The molecule has 2 aliphatic rings. The predicted octanol–water partition coefficient (Wildman–Crippen LogP) is 2.52. The molecule has 0 saturated heterocycles. The number of aromatic carboxylic acids is 1. The lowest BCUT2D eigenvalue weighted by molar-refractivity contribution is 0.0688. The van der Waals surface area contributed by atoms with Gasteiger partial charge < -0.3 is 10.4 Å². The minimum atomic E-state index is -0.943. The molecule has 0 radical (unpaired) electrons. The van der Waals surface area contributed by atoms with Crippen molar-refractivity contribution >= 4 is 11.8 Å². The molecule has 1 aromatic rings. The highest BCUT2D eigenvalue weighted by molar-refractivity contribution is 5.86. The molecule has 1 unspecified atom stereocenters. The molecule has 1 aliphatic heterocycles. The van der Waals surface area contributed by atoms with Gasteiger partial charge in [-0.2, -0.15) is 5.10 Å². The van der Waals surface area contributed by atoms with Crippen LogP contribution in [0, 0.1) is 5.92 Å². The van der Waals surface area contributed by atoms with E-state index in [-0.39, 0.29) is 5.69 Å². The van der Waals surface area contributed by atoms with Crippen LogP contribution < -0.4 is 5.32 Å². The number of anilines is 1. The fourth-order valence-electron chi connectivity index (χ4n) is 3.31. The van der Waals surface area contributed by atoms with E-state index in [1.165, 1.54) is 32.1 Å². The molecule has 5 heteroatoms. The highest BCUT2D eigenvalue weighted by Crippen LogP contribution is 2.38. The van der Waals surface area contributed by atoms with Crippen molar-refractivity contribution in [3.8, 4) is 0 Å². The maximum absolute atomic E-state index is 11.0. The van der Waals surface area contributed by atoms with Crippen LogP contribution in [-0.4, -0.2) is 27.4 Å². The third kappa shape index (κ3) is 1.98. The van der Waals surface area contributed by atoms with Crippen molar-refractivity contribution in [2.75, 3.05) is 11.9 Å². The number of carbonyl (C=O) groups is 1. The summed E-state index contributed by atoms with van der Waals surface area (Å²) in [5, 5.41) is 16.5. The van der Waals surface area contributed by atoms with Gasteiger partial charge in [-0.3, -0.25) is 0 Å². The van der Waals surface area contributed by atoms with Gasteiger partial charge in [0.25, 0.3) is 0 Å². The van der Waals surface area contributed by atoms with Gasteiger partial charge in [0.05, 0.1) is 6.04 Å². The first-order chi connectivity index (χ1) is 8.75.